The van der Waals surface area contributed by atoms with Crippen molar-refractivity contribution in [2.75, 3.05) is 5.32 Å². The number of rotatable bonds is 5. The summed E-state index contributed by atoms with van der Waals surface area (Å²) in [6.07, 6.45) is 7.69. The van der Waals surface area contributed by atoms with Crippen molar-refractivity contribution in [1.82, 2.24) is 9.55 Å². The van der Waals surface area contributed by atoms with Crippen LogP contribution < -0.4 is 11.1 Å². The molecule has 0 saturated heterocycles. The highest BCUT2D eigenvalue weighted by atomic mass is 35.5. The Kier molecular flexibility index (Phi) is 3.94. The van der Waals surface area contributed by atoms with Crippen LogP contribution in [0.25, 0.3) is 5.69 Å². The first-order chi connectivity index (χ1) is 10.1. The Bertz CT molecular complexity index is 637. The summed E-state index contributed by atoms with van der Waals surface area (Å²) in [4.78, 5) is 16.1. The summed E-state index contributed by atoms with van der Waals surface area (Å²) in [6, 6.07) is 5.35. The Hall–Kier alpha value is -1.85. The molecule has 1 saturated carbocycles. The Morgan fingerprint density at radius 1 is 1.52 bits per heavy atom. The van der Waals surface area contributed by atoms with Crippen molar-refractivity contribution >= 4 is 23.2 Å². The molecule has 3 N–H and O–H groups in total. The second-order valence-electron chi connectivity index (χ2n) is 5.36. The highest BCUT2D eigenvalue weighted by Gasteiger charge is 2.29. The van der Waals surface area contributed by atoms with E-state index in [1.807, 2.05) is 6.07 Å². The molecule has 0 aliphatic heterocycles. The van der Waals surface area contributed by atoms with E-state index in [0.29, 0.717) is 28.7 Å². The zero-order valence-electron chi connectivity index (χ0n) is 11.5. The lowest BCUT2D eigenvalue weighted by molar-refractivity contribution is -0.116. The standard InChI is InChI=1S/C15H17ClN4O/c16-11-2-1-3-13(15(11)20-7-6-18-9-20)19-14(21)8-12(17)10-4-5-10/h1-3,6-7,9-10,12H,4-5,8,17H2,(H,19,21). The number of hydrogen-bond acceptors (Lipinski definition) is 3. The van der Waals surface area contributed by atoms with Crippen molar-refractivity contribution in [2.24, 2.45) is 11.7 Å². The molecular formula is C15H17ClN4O. The molecule has 0 spiro atoms. The Morgan fingerprint density at radius 2 is 2.33 bits per heavy atom. The average molecular weight is 305 g/mol. The number of carbonyl (C=O) groups excluding carboxylic acids is 1. The van der Waals surface area contributed by atoms with Gasteiger partial charge in [0.05, 0.1) is 22.7 Å². The van der Waals surface area contributed by atoms with Crippen LogP contribution in [0.3, 0.4) is 0 Å². The van der Waals surface area contributed by atoms with Crippen LogP contribution in [-0.4, -0.2) is 21.5 Å². The number of imidazole rings is 1. The van der Waals surface area contributed by atoms with Gasteiger partial charge in [-0.3, -0.25) is 4.79 Å². The third-order valence-electron chi connectivity index (χ3n) is 3.67. The van der Waals surface area contributed by atoms with Crippen LogP contribution in [0.1, 0.15) is 19.3 Å². The lowest BCUT2D eigenvalue weighted by Gasteiger charge is -2.15. The summed E-state index contributed by atoms with van der Waals surface area (Å²) in [5.74, 6) is 0.418. The van der Waals surface area contributed by atoms with Crippen molar-refractivity contribution in [3.8, 4) is 5.69 Å². The van der Waals surface area contributed by atoms with Gasteiger partial charge in [0.2, 0.25) is 5.91 Å². The van der Waals surface area contributed by atoms with Crippen LogP contribution in [0.2, 0.25) is 5.02 Å². The molecule has 1 heterocycles. The van der Waals surface area contributed by atoms with Gasteiger partial charge >= 0.3 is 0 Å². The number of halogens is 1. The molecule has 21 heavy (non-hydrogen) atoms. The molecule has 1 unspecified atom stereocenters. The van der Waals surface area contributed by atoms with Crippen molar-refractivity contribution in [3.63, 3.8) is 0 Å². The van der Waals surface area contributed by atoms with E-state index >= 15 is 0 Å². The minimum absolute atomic E-state index is 0.0547. The fourth-order valence-corrected chi connectivity index (χ4v) is 2.65. The number of nitrogens with two attached hydrogens (primary N) is 1. The first kappa shape index (κ1) is 14.1. The predicted molar refractivity (Wildman–Crippen MR) is 82.5 cm³/mol. The van der Waals surface area contributed by atoms with Crippen LogP contribution >= 0.6 is 11.6 Å². The second kappa shape index (κ2) is 5.87. The van der Waals surface area contributed by atoms with E-state index in [2.05, 4.69) is 10.3 Å². The summed E-state index contributed by atoms with van der Waals surface area (Å²) in [7, 11) is 0. The summed E-state index contributed by atoms with van der Waals surface area (Å²) in [5.41, 5.74) is 7.37. The van der Waals surface area contributed by atoms with Crippen LogP contribution in [0.15, 0.2) is 36.9 Å². The molecule has 1 atom stereocenters. The minimum Gasteiger partial charge on any atom is -0.327 e. The molecular weight excluding hydrogens is 288 g/mol. The molecule has 1 aromatic heterocycles. The highest BCUT2D eigenvalue weighted by molar-refractivity contribution is 6.33. The summed E-state index contributed by atoms with van der Waals surface area (Å²) >= 11 is 6.25. The monoisotopic (exact) mass is 304 g/mol. The topological polar surface area (TPSA) is 72.9 Å². The fraction of sp³-hybridized carbons (Fsp3) is 0.333. The van der Waals surface area contributed by atoms with Crippen LogP contribution in [0, 0.1) is 5.92 Å². The quantitative estimate of drug-likeness (QED) is 0.891. The highest BCUT2D eigenvalue weighted by Crippen LogP contribution is 2.33. The zero-order chi connectivity index (χ0) is 14.8. The molecule has 2 aromatic rings. The van der Waals surface area contributed by atoms with E-state index in [9.17, 15) is 4.79 Å². The molecule has 3 rings (SSSR count). The SMILES string of the molecule is NC(CC(=O)Nc1cccc(Cl)c1-n1ccnc1)C1CC1. The molecule has 5 nitrogen and oxygen atoms in total. The van der Waals surface area contributed by atoms with Crippen molar-refractivity contribution in [3.05, 3.63) is 41.9 Å². The van der Waals surface area contributed by atoms with Gasteiger partial charge in [0.1, 0.15) is 0 Å². The Balaban J connectivity index is 1.78. The molecule has 0 bridgehead atoms. The minimum atomic E-state index is -0.0852. The van der Waals surface area contributed by atoms with Gasteiger partial charge in [-0.1, -0.05) is 17.7 Å². The molecule has 1 aliphatic carbocycles. The number of para-hydroxylation sites is 1. The van der Waals surface area contributed by atoms with Crippen LogP contribution in [0.4, 0.5) is 5.69 Å². The first-order valence-corrected chi connectivity index (χ1v) is 7.35. The van der Waals surface area contributed by atoms with Gasteiger partial charge < -0.3 is 15.6 Å². The van der Waals surface area contributed by atoms with Gasteiger partial charge in [0, 0.05) is 24.9 Å². The van der Waals surface area contributed by atoms with Crippen molar-refractivity contribution in [2.45, 2.75) is 25.3 Å². The van der Waals surface area contributed by atoms with Gasteiger partial charge in [0.25, 0.3) is 0 Å². The van der Waals surface area contributed by atoms with Gasteiger partial charge in [-0.25, -0.2) is 4.98 Å². The smallest absolute Gasteiger partial charge is 0.226 e. The number of amides is 1. The molecule has 1 aromatic carbocycles. The summed E-state index contributed by atoms with van der Waals surface area (Å²) in [6.45, 7) is 0. The van der Waals surface area contributed by atoms with Crippen LogP contribution in [0.5, 0.6) is 0 Å². The third kappa shape index (κ3) is 3.25. The average Bonchev–Trinajstić information content (AvgIpc) is 3.16. The number of carbonyl (C=O) groups is 1. The van der Waals surface area contributed by atoms with E-state index < -0.39 is 0 Å². The maximum atomic E-state index is 12.1. The van der Waals surface area contributed by atoms with Gasteiger partial charge in [0.15, 0.2) is 0 Å². The number of aromatic nitrogens is 2. The number of nitrogens with zero attached hydrogens (tertiary/aromatic N) is 2. The number of benzene rings is 1. The molecule has 1 aliphatic rings. The Morgan fingerprint density at radius 3 is 3.00 bits per heavy atom. The maximum Gasteiger partial charge on any atom is 0.226 e. The third-order valence-corrected chi connectivity index (χ3v) is 3.98. The van der Waals surface area contributed by atoms with E-state index in [1.165, 1.54) is 0 Å². The lowest BCUT2D eigenvalue weighted by atomic mass is 10.1. The summed E-state index contributed by atoms with van der Waals surface area (Å²) in [5, 5.41) is 3.45. The number of nitrogens with one attached hydrogen (secondary N) is 1. The van der Waals surface area contributed by atoms with E-state index in [1.54, 1.807) is 35.4 Å². The van der Waals surface area contributed by atoms with Gasteiger partial charge in [-0.2, -0.15) is 0 Å². The van der Waals surface area contributed by atoms with Crippen molar-refractivity contribution < 1.29 is 4.79 Å². The first-order valence-electron chi connectivity index (χ1n) is 6.97. The molecule has 1 fully saturated rings. The predicted octanol–water partition coefficient (Wildman–Crippen LogP) is 2.59. The number of hydrogen-bond donors (Lipinski definition) is 2. The largest absolute Gasteiger partial charge is 0.327 e. The molecule has 0 radical (unpaired) electrons. The normalized spacial score (nSPS) is 15.7. The zero-order valence-corrected chi connectivity index (χ0v) is 12.3. The second-order valence-corrected chi connectivity index (χ2v) is 5.77. The Labute approximate surface area is 128 Å². The maximum absolute atomic E-state index is 12.1. The number of anilines is 1. The van der Waals surface area contributed by atoms with E-state index in [-0.39, 0.29) is 11.9 Å². The lowest BCUT2D eigenvalue weighted by Crippen LogP contribution is -2.29. The van der Waals surface area contributed by atoms with Crippen LogP contribution in [-0.2, 0) is 4.79 Å². The molecule has 1 amide bonds. The van der Waals surface area contributed by atoms with Gasteiger partial charge in [-0.05, 0) is 30.9 Å². The molecule has 110 valence electrons. The molecule has 6 heteroatoms. The fourth-order valence-electron chi connectivity index (χ4n) is 2.38. The van der Waals surface area contributed by atoms with E-state index in [4.69, 9.17) is 17.3 Å². The van der Waals surface area contributed by atoms with Crippen molar-refractivity contribution in [1.29, 1.82) is 0 Å². The van der Waals surface area contributed by atoms with E-state index in [0.717, 1.165) is 12.8 Å². The summed E-state index contributed by atoms with van der Waals surface area (Å²) < 4.78 is 1.78. The van der Waals surface area contributed by atoms with Gasteiger partial charge in [-0.15, -0.1) is 0 Å².